The Bertz CT molecular complexity index is 1160. The number of halogens is 1. The van der Waals surface area contributed by atoms with Crippen LogP contribution in [-0.4, -0.2) is 14.3 Å². The number of anilines is 1. The number of benzene rings is 3. The lowest BCUT2D eigenvalue weighted by Crippen LogP contribution is -2.23. The van der Waals surface area contributed by atoms with Crippen molar-refractivity contribution in [1.82, 2.24) is 5.32 Å². The largest absolute Gasteiger partial charge is 0.348 e. The molecule has 150 valence electrons. The summed E-state index contributed by atoms with van der Waals surface area (Å²) in [6, 6.07) is 19.0. The van der Waals surface area contributed by atoms with Crippen LogP contribution in [0.15, 0.2) is 71.6 Å². The van der Waals surface area contributed by atoms with E-state index in [4.69, 9.17) is 11.6 Å². The molecule has 0 spiro atoms. The van der Waals surface area contributed by atoms with Gasteiger partial charge in [0.2, 0.25) is 0 Å². The van der Waals surface area contributed by atoms with Crippen LogP contribution in [0.1, 0.15) is 27.0 Å². The molecule has 0 bridgehead atoms. The molecule has 0 radical (unpaired) electrons. The predicted molar refractivity (Wildman–Crippen MR) is 116 cm³/mol. The smallest absolute Gasteiger partial charge is 0.263 e. The molecule has 0 aliphatic rings. The molecule has 0 unspecified atom stereocenters. The molecule has 0 aromatic heterocycles. The van der Waals surface area contributed by atoms with E-state index in [0.717, 1.165) is 16.7 Å². The third-order valence-electron chi connectivity index (χ3n) is 4.41. The molecule has 3 aromatic carbocycles. The second-order valence-corrected chi connectivity index (χ2v) is 8.80. The molecule has 0 fully saturated rings. The predicted octanol–water partition coefficient (Wildman–Crippen LogP) is 4.69. The number of hydrogen-bond acceptors (Lipinski definition) is 3. The Kier molecular flexibility index (Phi) is 6.25. The molecule has 29 heavy (non-hydrogen) atoms. The summed E-state index contributed by atoms with van der Waals surface area (Å²) in [6.45, 7) is 4.12. The fourth-order valence-electron chi connectivity index (χ4n) is 2.84. The fraction of sp³-hybridized carbons (Fsp3) is 0.136. The van der Waals surface area contributed by atoms with Crippen LogP contribution in [0.3, 0.4) is 0 Å². The Hall–Kier alpha value is -2.83. The normalized spacial score (nSPS) is 11.1. The highest BCUT2D eigenvalue weighted by Crippen LogP contribution is 2.26. The average molecular weight is 429 g/mol. The maximum Gasteiger partial charge on any atom is 0.263 e. The number of nitrogens with one attached hydrogen (secondary N) is 2. The lowest BCUT2D eigenvalue weighted by Gasteiger charge is -2.13. The Balaban J connectivity index is 1.81. The van der Waals surface area contributed by atoms with Crippen molar-refractivity contribution in [3.63, 3.8) is 0 Å². The number of rotatable bonds is 6. The first-order valence-electron chi connectivity index (χ1n) is 8.98. The lowest BCUT2D eigenvalue weighted by atomic mass is 10.1. The molecular formula is C22H21ClN2O3S. The second kappa shape index (κ2) is 8.68. The Morgan fingerprint density at radius 2 is 1.72 bits per heavy atom. The zero-order valence-corrected chi connectivity index (χ0v) is 17.6. The van der Waals surface area contributed by atoms with E-state index in [9.17, 15) is 13.2 Å². The van der Waals surface area contributed by atoms with E-state index in [1.807, 2.05) is 37.3 Å². The number of sulfonamides is 1. The summed E-state index contributed by atoms with van der Waals surface area (Å²) >= 11 is 6.13. The van der Waals surface area contributed by atoms with Crippen LogP contribution in [0.4, 0.5) is 5.69 Å². The topological polar surface area (TPSA) is 75.3 Å². The first-order chi connectivity index (χ1) is 13.8. The van der Waals surface area contributed by atoms with E-state index in [1.165, 1.54) is 18.2 Å². The number of amides is 1. The molecule has 5 nitrogen and oxygen atoms in total. The van der Waals surface area contributed by atoms with Gasteiger partial charge in [-0.1, -0.05) is 59.6 Å². The van der Waals surface area contributed by atoms with Crippen molar-refractivity contribution in [2.75, 3.05) is 4.72 Å². The molecular weight excluding hydrogens is 408 g/mol. The van der Waals surface area contributed by atoms with Gasteiger partial charge in [-0.05, 0) is 49.2 Å². The SMILES string of the molecule is Cc1cccc(CNC(=O)c2ccc(Cl)c(S(=O)(=O)Nc3ccccc3C)c2)c1. The van der Waals surface area contributed by atoms with Crippen LogP contribution in [0.5, 0.6) is 0 Å². The van der Waals surface area contributed by atoms with Gasteiger partial charge in [0.05, 0.1) is 10.7 Å². The summed E-state index contributed by atoms with van der Waals surface area (Å²) in [4.78, 5) is 12.4. The number of hydrogen-bond donors (Lipinski definition) is 2. The van der Waals surface area contributed by atoms with Gasteiger partial charge in [-0.25, -0.2) is 8.42 Å². The van der Waals surface area contributed by atoms with Gasteiger partial charge in [0.25, 0.3) is 15.9 Å². The number of aryl methyl sites for hydroxylation is 2. The summed E-state index contributed by atoms with van der Waals surface area (Å²) < 4.78 is 28.2. The highest BCUT2D eigenvalue weighted by molar-refractivity contribution is 7.92. The third kappa shape index (κ3) is 5.16. The van der Waals surface area contributed by atoms with Crippen molar-refractivity contribution in [3.8, 4) is 0 Å². The van der Waals surface area contributed by atoms with Gasteiger partial charge in [-0.3, -0.25) is 9.52 Å². The minimum absolute atomic E-state index is 0.0429. The van der Waals surface area contributed by atoms with Gasteiger partial charge in [0.15, 0.2) is 0 Å². The van der Waals surface area contributed by atoms with Crippen LogP contribution in [-0.2, 0) is 16.6 Å². The average Bonchev–Trinajstić information content (AvgIpc) is 2.68. The summed E-state index contributed by atoms with van der Waals surface area (Å²) in [6.07, 6.45) is 0. The summed E-state index contributed by atoms with van der Waals surface area (Å²) in [5.74, 6) is -0.379. The van der Waals surface area contributed by atoms with Gasteiger partial charge < -0.3 is 5.32 Å². The van der Waals surface area contributed by atoms with E-state index < -0.39 is 10.0 Å². The molecule has 0 aliphatic carbocycles. The van der Waals surface area contributed by atoms with Gasteiger partial charge in [0.1, 0.15) is 4.90 Å². The van der Waals surface area contributed by atoms with Crippen LogP contribution in [0, 0.1) is 13.8 Å². The maximum absolute atomic E-state index is 12.8. The molecule has 3 aromatic rings. The van der Waals surface area contributed by atoms with Crippen molar-refractivity contribution >= 4 is 33.2 Å². The van der Waals surface area contributed by atoms with Gasteiger partial charge in [-0.2, -0.15) is 0 Å². The number of para-hydroxylation sites is 1. The zero-order chi connectivity index (χ0) is 21.0. The van der Waals surface area contributed by atoms with Crippen LogP contribution in [0.25, 0.3) is 0 Å². The minimum atomic E-state index is -3.96. The standard InChI is InChI=1S/C22H21ClN2O3S/c1-15-6-5-8-17(12-15)14-24-22(26)18-10-11-19(23)21(13-18)29(27,28)25-20-9-4-3-7-16(20)2/h3-13,25H,14H2,1-2H3,(H,24,26). The molecule has 1 amide bonds. The van der Waals surface area contributed by atoms with Gasteiger partial charge in [-0.15, -0.1) is 0 Å². The lowest BCUT2D eigenvalue weighted by molar-refractivity contribution is 0.0950. The Morgan fingerprint density at radius 1 is 0.966 bits per heavy atom. The zero-order valence-electron chi connectivity index (χ0n) is 16.1. The van der Waals surface area contributed by atoms with Crippen molar-refractivity contribution in [3.05, 3.63) is 94.0 Å². The second-order valence-electron chi connectivity index (χ2n) is 6.74. The van der Waals surface area contributed by atoms with Crippen molar-refractivity contribution in [1.29, 1.82) is 0 Å². The summed E-state index contributed by atoms with van der Waals surface area (Å²) in [5.41, 5.74) is 3.50. The molecule has 2 N–H and O–H groups in total. The molecule has 0 heterocycles. The first kappa shape index (κ1) is 20.9. The summed E-state index contributed by atoms with van der Waals surface area (Å²) in [7, 11) is -3.96. The van der Waals surface area contributed by atoms with E-state index in [1.54, 1.807) is 25.1 Å². The fourth-order valence-corrected chi connectivity index (χ4v) is 4.50. The Labute approximate surface area is 175 Å². The minimum Gasteiger partial charge on any atom is -0.348 e. The number of carbonyl (C=O) groups is 1. The first-order valence-corrected chi connectivity index (χ1v) is 10.8. The maximum atomic E-state index is 12.8. The third-order valence-corrected chi connectivity index (χ3v) is 6.25. The van der Waals surface area contributed by atoms with Crippen molar-refractivity contribution in [2.24, 2.45) is 0 Å². The van der Waals surface area contributed by atoms with E-state index >= 15 is 0 Å². The monoisotopic (exact) mass is 428 g/mol. The summed E-state index contributed by atoms with van der Waals surface area (Å²) in [5, 5.41) is 2.85. The molecule has 7 heteroatoms. The van der Waals surface area contributed by atoms with E-state index in [-0.39, 0.29) is 21.4 Å². The molecule has 0 atom stereocenters. The van der Waals surface area contributed by atoms with E-state index in [0.29, 0.717) is 12.2 Å². The van der Waals surface area contributed by atoms with Gasteiger partial charge in [0, 0.05) is 12.1 Å². The highest BCUT2D eigenvalue weighted by atomic mass is 35.5. The highest BCUT2D eigenvalue weighted by Gasteiger charge is 2.21. The van der Waals surface area contributed by atoms with Gasteiger partial charge >= 0.3 is 0 Å². The quantitative estimate of drug-likeness (QED) is 0.598. The molecule has 3 rings (SSSR count). The van der Waals surface area contributed by atoms with Crippen LogP contribution in [0.2, 0.25) is 5.02 Å². The van der Waals surface area contributed by atoms with Crippen molar-refractivity contribution < 1.29 is 13.2 Å². The molecule has 0 aliphatic heterocycles. The number of carbonyl (C=O) groups excluding carboxylic acids is 1. The van der Waals surface area contributed by atoms with E-state index in [2.05, 4.69) is 10.0 Å². The van der Waals surface area contributed by atoms with Crippen LogP contribution < -0.4 is 10.0 Å². The molecule has 0 saturated carbocycles. The van der Waals surface area contributed by atoms with Crippen molar-refractivity contribution in [2.45, 2.75) is 25.3 Å². The molecule has 0 saturated heterocycles. The van der Waals surface area contributed by atoms with Crippen LogP contribution >= 0.6 is 11.6 Å². The Morgan fingerprint density at radius 3 is 2.45 bits per heavy atom.